The summed E-state index contributed by atoms with van der Waals surface area (Å²) in [6.07, 6.45) is 8.40. The minimum absolute atomic E-state index is 0.167. The van der Waals surface area contributed by atoms with E-state index in [1.165, 1.54) is 32.1 Å². The van der Waals surface area contributed by atoms with Gasteiger partial charge in [0.05, 0.1) is 7.11 Å². The number of methoxy groups -OCH3 is 1. The Kier molecular flexibility index (Phi) is 6.29. The molecular weight excluding hydrogens is 274 g/mol. The summed E-state index contributed by atoms with van der Waals surface area (Å²) in [5, 5.41) is 3.05. The Morgan fingerprint density at radius 1 is 1.27 bits per heavy atom. The molecule has 0 aromatic heterocycles. The van der Waals surface area contributed by atoms with Crippen molar-refractivity contribution in [3.8, 4) is 5.75 Å². The summed E-state index contributed by atoms with van der Waals surface area (Å²) in [7, 11) is 1.66. The number of carbonyl (C=O) groups is 1. The van der Waals surface area contributed by atoms with E-state index in [2.05, 4.69) is 12.2 Å². The van der Waals surface area contributed by atoms with E-state index in [1.807, 2.05) is 25.1 Å². The lowest BCUT2D eigenvalue weighted by molar-refractivity contribution is -0.121. The van der Waals surface area contributed by atoms with E-state index in [1.54, 1.807) is 7.11 Å². The summed E-state index contributed by atoms with van der Waals surface area (Å²) in [6.45, 7) is 4.25. The van der Waals surface area contributed by atoms with Gasteiger partial charge < -0.3 is 10.1 Å². The van der Waals surface area contributed by atoms with Crippen molar-refractivity contribution in [1.82, 2.24) is 0 Å². The fourth-order valence-electron chi connectivity index (χ4n) is 3.35. The van der Waals surface area contributed by atoms with E-state index in [9.17, 15) is 4.79 Å². The summed E-state index contributed by atoms with van der Waals surface area (Å²) >= 11 is 0. The molecule has 1 amide bonds. The fraction of sp³-hybridized carbons (Fsp3) is 0.632. The maximum Gasteiger partial charge on any atom is 0.227 e. The molecule has 1 aromatic rings. The molecule has 1 saturated carbocycles. The molecule has 1 aromatic carbocycles. The minimum Gasteiger partial charge on any atom is -0.496 e. The number of nitrogens with one attached hydrogen (secondary N) is 1. The Hall–Kier alpha value is -1.51. The van der Waals surface area contributed by atoms with Crippen molar-refractivity contribution in [2.45, 2.75) is 58.8 Å². The second-order valence-corrected chi connectivity index (χ2v) is 6.53. The molecule has 3 heteroatoms. The average Bonchev–Trinajstić information content (AvgIpc) is 2.55. The van der Waals surface area contributed by atoms with Gasteiger partial charge in [0.1, 0.15) is 5.75 Å². The molecule has 1 aliphatic carbocycles. The number of ether oxygens (including phenoxy) is 1. The lowest BCUT2D eigenvalue weighted by atomic mass is 9.79. The van der Waals surface area contributed by atoms with E-state index in [4.69, 9.17) is 4.74 Å². The predicted octanol–water partition coefficient (Wildman–Crippen LogP) is 4.94. The van der Waals surface area contributed by atoms with Gasteiger partial charge in [0, 0.05) is 17.7 Å². The molecule has 0 spiro atoms. The van der Waals surface area contributed by atoms with Crippen molar-refractivity contribution < 1.29 is 9.53 Å². The third kappa shape index (κ3) is 4.49. The third-order valence-corrected chi connectivity index (χ3v) is 4.86. The van der Waals surface area contributed by atoms with Crippen LogP contribution in [0.25, 0.3) is 0 Å². The molecule has 1 aliphatic rings. The average molecular weight is 303 g/mol. The highest BCUT2D eigenvalue weighted by atomic mass is 16.5. The number of benzene rings is 1. The van der Waals surface area contributed by atoms with Crippen LogP contribution in [0.15, 0.2) is 18.2 Å². The van der Waals surface area contributed by atoms with E-state index in [0.717, 1.165) is 35.8 Å². The molecule has 0 atom stereocenters. The van der Waals surface area contributed by atoms with Gasteiger partial charge in [0.15, 0.2) is 0 Å². The van der Waals surface area contributed by atoms with Crippen molar-refractivity contribution in [2.75, 3.05) is 12.4 Å². The number of unbranched alkanes of at least 4 members (excludes halogenated alkanes) is 1. The number of rotatable bonds is 6. The molecule has 22 heavy (non-hydrogen) atoms. The van der Waals surface area contributed by atoms with Gasteiger partial charge in [0.25, 0.3) is 0 Å². The summed E-state index contributed by atoms with van der Waals surface area (Å²) < 4.78 is 5.31. The predicted molar refractivity (Wildman–Crippen MR) is 91.3 cm³/mol. The largest absolute Gasteiger partial charge is 0.496 e. The van der Waals surface area contributed by atoms with E-state index < -0.39 is 0 Å². The number of carbonyl (C=O) groups excluding carboxylic acids is 1. The number of aryl methyl sites for hydroxylation is 1. The second-order valence-electron chi connectivity index (χ2n) is 6.53. The van der Waals surface area contributed by atoms with E-state index >= 15 is 0 Å². The van der Waals surface area contributed by atoms with Crippen LogP contribution in [0.3, 0.4) is 0 Å². The van der Waals surface area contributed by atoms with Gasteiger partial charge in [-0.25, -0.2) is 0 Å². The molecule has 2 rings (SSSR count). The monoisotopic (exact) mass is 303 g/mol. The Labute approximate surface area is 134 Å². The lowest BCUT2D eigenvalue weighted by Crippen LogP contribution is -2.27. The lowest BCUT2D eigenvalue weighted by Gasteiger charge is -2.27. The Balaban J connectivity index is 1.85. The molecule has 0 unspecified atom stereocenters. The van der Waals surface area contributed by atoms with Gasteiger partial charge in [-0.05, 0) is 50.2 Å². The molecule has 0 heterocycles. The number of hydrogen-bond donors (Lipinski definition) is 1. The van der Waals surface area contributed by atoms with Crippen LogP contribution in [0, 0.1) is 18.8 Å². The highest BCUT2D eigenvalue weighted by Gasteiger charge is 2.26. The molecule has 122 valence electrons. The van der Waals surface area contributed by atoms with Crippen LogP contribution in [-0.2, 0) is 4.79 Å². The molecule has 1 fully saturated rings. The standard InChI is InChI=1S/C19H29NO2/c1-4-5-6-15-8-10-16(11-9-15)19(21)20-17-12-7-14(2)18(13-17)22-3/h7,12-13,15-16H,4-6,8-11H2,1-3H3,(H,20,21). The van der Waals surface area contributed by atoms with E-state index in [-0.39, 0.29) is 11.8 Å². The van der Waals surface area contributed by atoms with Crippen molar-refractivity contribution in [3.05, 3.63) is 23.8 Å². The summed E-state index contributed by atoms with van der Waals surface area (Å²) in [5.41, 5.74) is 1.91. The number of hydrogen-bond acceptors (Lipinski definition) is 2. The zero-order chi connectivity index (χ0) is 15.9. The fourth-order valence-corrected chi connectivity index (χ4v) is 3.35. The highest BCUT2D eigenvalue weighted by Crippen LogP contribution is 2.33. The maximum atomic E-state index is 12.4. The molecule has 0 saturated heterocycles. The first kappa shape index (κ1) is 16.9. The van der Waals surface area contributed by atoms with Crippen LogP contribution < -0.4 is 10.1 Å². The first-order valence-electron chi connectivity index (χ1n) is 8.59. The van der Waals surface area contributed by atoms with Gasteiger partial charge in [-0.15, -0.1) is 0 Å². The summed E-state index contributed by atoms with van der Waals surface area (Å²) in [6, 6.07) is 5.83. The van der Waals surface area contributed by atoms with Crippen LogP contribution in [0.4, 0.5) is 5.69 Å². The quantitative estimate of drug-likeness (QED) is 0.808. The van der Waals surface area contributed by atoms with Crippen LogP contribution in [0.1, 0.15) is 57.4 Å². The van der Waals surface area contributed by atoms with Gasteiger partial charge >= 0.3 is 0 Å². The molecular formula is C19H29NO2. The Bertz CT molecular complexity index is 490. The van der Waals surface area contributed by atoms with E-state index in [0.29, 0.717) is 0 Å². The Morgan fingerprint density at radius 3 is 2.64 bits per heavy atom. The second kappa shape index (κ2) is 8.21. The smallest absolute Gasteiger partial charge is 0.227 e. The zero-order valence-electron chi connectivity index (χ0n) is 14.2. The van der Waals surface area contributed by atoms with Gasteiger partial charge in [-0.2, -0.15) is 0 Å². The molecule has 3 nitrogen and oxygen atoms in total. The molecule has 0 bridgehead atoms. The van der Waals surface area contributed by atoms with Crippen LogP contribution in [0.2, 0.25) is 0 Å². The Morgan fingerprint density at radius 2 is 2.00 bits per heavy atom. The summed E-state index contributed by atoms with van der Waals surface area (Å²) in [5.74, 6) is 1.99. The number of amides is 1. The first-order valence-corrected chi connectivity index (χ1v) is 8.59. The molecule has 0 aliphatic heterocycles. The highest BCUT2D eigenvalue weighted by molar-refractivity contribution is 5.92. The van der Waals surface area contributed by atoms with Gasteiger partial charge in [-0.3, -0.25) is 4.79 Å². The maximum absolute atomic E-state index is 12.4. The van der Waals surface area contributed by atoms with Crippen molar-refractivity contribution in [3.63, 3.8) is 0 Å². The minimum atomic E-state index is 0.167. The van der Waals surface area contributed by atoms with Crippen LogP contribution >= 0.6 is 0 Å². The van der Waals surface area contributed by atoms with Crippen molar-refractivity contribution in [1.29, 1.82) is 0 Å². The van der Waals surface area contributed by atoms with Crippen LogP contribution in [-0.4, -0.2) is 13.0 Å². The number of anilines is 1. The van der Waals surface area contributed by atoms with Crippen molar-refractivity contribution in [2.24, 2.45) is 11.8 Å². The van der Waals surface area contributed by atoms with Crippen molar-refractivity contribution >= 4 is 11.6 Å². The molecule has 1 N–H and O–H groups in total. The molecule has 0 radical (unpaired) electrons. The van der Waals surface area contributed by atoms with Gasteiger partial charge in [-0.1, -0.05) is 32.3 Å². The van der Waals surface area contributed by atoms with Gasteiger partial charge in [0.2, 0.25) is 5.91 Å². The topological polar surface area (TPSA) is 38.3 Å². The zero-order valence-corrected chi connectivity index (χ0v) is 14.2. The normalized spacial score (nSPS) is 21.4. The van der Waals surface area contributed by atoms with Crippen LogP contribution in [0.5, 0.6) is 5.75 Å². The third-order valence-electron chi connectivity index (χ3n) is 4.86. The SMILES string of the molecule is CCCCC1CCC(C(=O)Nc2ccc(C)c(OC)c2)CC1. The summed E-state index contributed by atoms with van der Waals surface area (Å²) in [4.78, 5) is 12.4. The first-order chi connectivity index (χ1) is 10.6.